The van der Waals surface area contributed by atoms with E-state index in [1.807, 2.05) is 36.4 Å². The van der Waals surface area contributed by atoms with Gasteiger partial charge < -0.3 is 19.5 Å². The lowest BCUT2D eigenvalue weighted by Gasteiger charge is -2.30. The summed E-state index contributed by atoms with van der Waals surface area (Å²) in [5, 5.41) is 3.33. The molecule has 0 fully saturated rings. The maximum absolute atomic E-state index is 14.0. The number of sulfonamides is 1. The molecule has 1 heterocycles. The first kappa shape index (κ1) is 23.6. The minimum atomic E-state index is -4.03. The largest absolute Gasteiger partial charge is 0.497 e. The van der Waals surface area contributed by atoms with Crippen LogP contribution in [0.4, 0.5) is 5.69 Å². The number of benzene rings is 3. The second-order valence-corrected chi connectivity index (χ2v) is 9.55. The van der Waals surface area contributed by atoms with Gasteiger partial charge in [0, 0.05) is 5.69 Å². The van der Waals surface area contributed by atoms with E-state index in [9.17, 15) is 13.2 Å². The number of carbonyl (C=O) groups is 1. The average Bonchev–Trinajstić information content (AvgIpc) is 3.18. The van der Waals surface area contributed by atoms with E-state index in [-0.39, 0.29) is 11.3 Å². The summed E-state index contributed by atoms with van der Waals surface area (Å²) in [6.07, 6.45) is -0.865. The second-order valence-electron chi connectivity index (χ2n) is 7.71. The van der Waals surface area contributed by atoms with Crippen LogP contribution in [0.25, 0.3) is 0 Å². The van der Waals surface area contributed by atoms with Crippen LogP contribution in [0.15, 0.2) is 77.7 Å². The fourth-order valence-corrected chi connectivity index (χ4v) is 5.81. The quantitative estimate of drug-likeness (QED) is 0.483. The van der Waals surface area contributed by atoms with Gasteiger partial charge in [-0.15, -0.1) is 0 Å². The van der Waals surface area contributed by atoms with Crippen LogP contribution in [0.1, 0.15) is 29.8 Å². The van der Waals surface area contributed by atoms with Crippen molar-refractivity contribution in [2.45, 2.75) is 23.5 Å². The lowest BCUT2D eigenvalue weighted by Crippen LogP contribution is -2.37. The molecule has 0 saturated heterocycles. The van der Waals surface area contributed by atoms with Crippen LogP contribution in [0.2, 0.25) is 0 Å². The Kier molecular flexibility index (Phi) is 6.76. The topological polar surface area (TPSA) is 94.2 Å². The fourth-order valence-electron chi connectivity index (χ4n) is 4.12. The van der Waals surface area contributed by atoms with E-state index in [1.54, 1.807) is 31.4 Å². The lowest BCUT2D eigenvalue weighted by atomic mass is 10.0. The molecule has 3 aromatic rings. The number of nitrogens with one attached hydrogen (secondary N) is 1. The predicted molar refractivity (Wildman–Crippen MR) is 127 cm³/mol. The number of hydrogen-bond acceptors (Lipinski definition) is 7. The van der Waals surface area contributed by atoms with Gasteiger partial charge in [0.05, 0.1) is 38.7 Å². The zero-order valence-corrected chi connectivity index (χ0v) is 19.9. The van der Waals surface area contributed by atoms with Crippen molar-refractivity contribution >= 4 is 21.7 Å². The number of rotatable bonds is 8. The van der Waals surface area contributed by atoms with Crippen molar-refractivity contribution < 1.29 is 27.4 Å². The molecule has 0 spiro atoms. The molecule has 0 saturated carbocycles. The van der Waals surface area contributed by atoms with Crippen LogP contribution in [0.3, 0.4) is 0 Å². The minimum Gasteiger partial charge on any atom is -0.497 e. The molecule has 0 bridgehead atoms. The molecule has 0 radical (unpaired) electrons. The first-order valence-corrected chi connectivity index (χ1v) is 12.1. The summed E-state index contributed by atoms with van der Waals surface area (Å²) in [5.74, 6) is 0.728. The Morgan fingerprint density at radius 2 is 1.41 bits per heavy atom. The van der Waals surface area contributed by atoms with Crippen LogP contribution >= 0.6 is 0 Å². The maximum Gasteiger partial charge on any atom is 0.307 e. The van der Waals surface area contributed by atoms with Crippen molar-refractivity contribution in [3.63, 3.8) is 0 Å². The number of nitrogens with zero attached hydrogens (tertiary/aromatic N) is 1. The summed E-state index contributed by atoms with van der Waals surface area (Å²) < 4.78 is 44.6. The molecule has 1 N–H and O–H groups in total. The molecule has 4 rings (SSSR count). The number of hydrogen-bond donors (Lipinski definition) is 1. The molecular weight excluding hydrogens is 456 g/mol. The van der Waals surface area contributed by atoms with Crippen LogP contribution in [0.5, 0.6) is 11.5 Å². The Morgan fingerprint density at radius 3 is 1.97 bits per heavy atom. The van der Waals surface area contributed by atoms with E-state index < -0.39 is 28.2 Å². The van der Waals surface area contributed by atoms with Gasteiger partial charge in [0.15, 0.2) is 0 Å². The zero-order chi connectivity index (χ0) is 24.3. The van der Waals surface area contributed by atoms with Gasteiger partial charge >= 0.3 is 5.97 Å². The Bertz CT molecular complexity index is 1260. The molecule has 0 aromatic heterocycles. The molecule has 9 heteroatoms. The van der Waals surface area contributed by atoms with Gasteiger partial charge in [-0.05, 0) is 59.7 Å². The first-order chi connectivity index (χ1) is 16.4. The summed E-state index contributed by atoms with van der Waals surface area (Å²) >= 11 is 0. The predicted octanol–water partition coefficient (Wildman–Crippen LogP) is 4.12. The molecular formula is C25H26N2O6S. The van der Waals surface area contributed by atoms with Crippen molar-refractivity contribution in [2.24, 2.45) is 0 Å². The van der Waals surface area contributed by atoms with E-state index in [2.05, 4.69) is 5.32 Å². The van der Waals surface area contributed by atoms with Gasteiger partial charge in [-0.3, -0.25) is 4.79 Å². The zero-order valence-electron chi connectivity index (χ0n) is 19.1. The van der Waals surface area contributed by atoms with E-state index in [4.69, 9.17) is 14.2 Å². The molecule has 178 valence electrons. The van der Waals surface area contributed by atoms with E-state index in [0.29, 0.717) is 17.2 Å². The normalized spacial score (nSPS) is 17.6. The number of methoxy groups -OCH3 is 3. The third-order valence-electron chi connectivity index (χ3n) is 5.83. The standard InChI is InChI=1S/C25H26N2O6S/c1-31-18-10-8-17(9-11-18)26-25-22-7-5-4-6-21(22)23(16-24(28)33-3)27(25)34(29,30)20-14-12-19(32-2)13-15-20/h4-15,23,25-26H,16H2,1-3H3/t23-,25-/m1/s1. The Morgan fingerprint density at radius 1 is 0.853 bits per heavy atom. The van der Waals surface area contributed by atoms with Crippen molar-refractivity contribution in [1.82, 2.24) is 4.31 Å². The highest BCUT2D eigenvalue weighted by Gasteiger charge is 2.46. The van der Waals surface area contributed by atoms with Crippen LogP contribution < -0.4 is 14.8 Å². The molecule has 34 heavy (non-hydrogen) atoms. The van der Waals surface area contributed by atoms with Gasteiger partial charge in [0.1, 0.15) is 17.7 Å². The van der Waals surface area contributed by atoms with Gasteiger partial charge in [-0.2, -0.15) is 4.31 Å². The fraction of sp³-hybridized carbons (Fsp3) is 0.240. The molecule has 8 nitrogen and oxygen atoms in total. The van der Waals surface area contributed by atoms with Gasteiger partial charge in [-0.1, -0.05) is 24.3 Å². The van der Waals surface area contributed by atoms with Gasteiger partial charge in [0.2, 0.25) is 10.0 Å². The Hall–Kier alpha value is -3.56. The summed E-state index contributed by atoms with van der Waals surface area (Å²) in [4.78, 5) is 12.4. The maximum atomic E-state index is 14.0. The number of anilines is 1. The summed E-state index contributed by atoms with van der Waals surface area (Å²) in [5.41, 5.74) is 2.22. The minimum absolute atomic E-state index is 0.0949. The molecule has 1 aliphatic rings. The van der Waals surface area contributed by atoms with Gasteiger partial charge in [0.25, 0.3) is 0 Å². The molecule has 3 aromatic carbocycles. The third kappa shape index (κ3) is 4.44. The van der Waals surface area contributed by atoms with Crippen LogP contribution in [-0.4, -0.2) is 40.0 Å². The Balaban J connectivity index is 1.82. The number of carbonyl (C=O) groups excluding carboxylic acids is 1. The van der Waals surface area contributed by atoms with E-state index >= 15 is 0 Å². The summed E-state index contributed by atoms with van der Waals surface area (Å²) in [7, 11) is 0.352. The summed E-state index contributed by atoms with van der Waals surface area (Å²) in [6.45, 7) is 0. The highest BCUT2D eigenvalue weighted by atomic mass is 32.2. The Labute approximate surface area is 199 Å². The number of fused-ring (bicyclic) bond motifs is 1. The highest BCUT2D eigenvalue weighted by Crippen LogP contribution is 2.47. The monoisotopic (exact) mass is 482 g/mol. The highest BCUT2D eigenvalue weighted by molar-refractivity contribution is 7.89. The third-order valence-corrected chi connectivity index (χ3v) is 7.72. The van der Waals surface area contributed by atoms with Gasteiger partial charge in [-0.25, -0.2) is 8.42 Å². The average molecular weight is 483 g/mol. The molecule has 2 atom stereocenters. The van der Waals surface area contributed by atoms with Crippen molar-refractivity contribution in [2.75, 3.05) is 26.6 Å². The molecule has 0 aliphatic carbocycles. The van der Waals surface area contributed by atoms with Crippen LogP contribution in [0, 0.1) is 0 Å². The number of esters is 1. The molecule has 1 aliphatic heterocycles. The second kappa shape index (κ2) is 9.74. The lowest BCUT2D eigenvalue weighted by molar-refractivity contribution is -0.141. The van der Waals surface area contributed by atoms with Crippen LogP contribution in [-0.2, 0) is 19.6 Å². The number of ether oxygens (including phenoxy) is 3. The summed E-state index contributed by atoms with van der Waals surface area (Å²) in [6, 6.07) is 20.0. The first-order valence-electron chi connectivity index (χ1n) is 10.6. The van der Waals surface area contributed by atoms with E-state index in [0.717, 1.165) is 11.1 Å². The molecule has 0 amide bonds. The van der Waals surface area contributed by atoms with Crippen molar-refractivity contribution in [3.05, 3.63) is 83.9 Å². The SMILES string of the molecule is COC(=O)C[C@@H]1c2ccccc2[C@H](Nc2ccc(OC)cc2)N1S(=O)(=O)c1ccc(OC)cc1. The molecule has 0 unspecified atom stereocenters. The van der Waals surface area contributed by atoms with Crippen molar-refractivity contribution in [3.8, 4) is 11.5 Å². The smallest absolute Gasteiger partial charge is 0.307 e. The van der Waals surface area contributed by atoms with E-state index in [1.165, 1.54) is 30.7 Å². The van der Waals surface area contributed by atoms with Crippen molar-refractivity contribution in [1.29, 1.82) is 0 Å².